The number of amides is 1. The molecule has 4 rings (SSSR count). The number of unbranched alkanes of at least 4 members (excludes halogenated alkanes) is 2. The van der Waals surface area contributed by atoms with Gasteiger partial charge in [-0.15, -0.1) is 0 Å². The lowest BCUT2D eigenvalue weighted by Gasteiger charge is -2.17. The van der Waals surface area contributed by atoms with Crippen LogP contribution in [0.4, 0.5) is 0 Å². The van der Waals surface area contributed by atoms with Gasteiger partial charge in [-0.05, 0) is 49.9 Å². The molecule has 0 saturated carbocycles. The predicted octanol–water partition coefficient (Wildman–Crippen LogP) is 5.08. The minimum Gasteiger partial charge on any atom is -0.342 e. The maximum absolute atomic E-state index is 12.9. The Kier molecular flexibility index (Phi) is 7.93. The Hall–Kier alpha value is -3.93. The van der Waals surface area contributed by atoms with Gasteiger partial charge in [0.05, 0.1) is 12.2 Å². The van der Waals surface area contributed by atoms with E-state index >= 15 is 0 Å². The molecule has 0 unspecified atom stereocenters. The molecule has 0 fully saturated rings. The fourth-order valence-electron chi connectivity index (χ4n) is 4.23. The van der Waals surface area contributed by atoms with E-state index in [0.29, 0.717) is 13.1 Å². The lowest BCUT2D eigenvalue weighted by atomic mass is 10.1. The molecule has 0 aliphatic rings. The van der Waals surface area contributed by atoms with Gasteiger partial charge in [0, 0.05) is 31.0 Å². The third kappa shape index (κ3) is 6.35. The molecule has 4 aromatic rings. The van der Waals surface area contributed by atoms with Crippen LogP contribution in [0, 0.1) is 6.92 Å². The van der Waals surface area contributed by atoms with Crippen molar-refractivity contribution in [2.75, 3.05) is 13.6 Å². The van der Waals surface area contributed by atoms with Crippen LogP contribution >= 0.6 is 0 Å². The lowest BCUT2D eigenvalue weighted by molar-refractivity contribution is 0.0790. The first-order valence-electron chi connectivity index (χ1n) is 12.1. The number of aromatic nitrogens is 3. The predicted molar refractivity (Wildman–Crippen MR) is 140 cm³/mol. The molecule has 0 aliphatic heterocycles. The van der Waals surface area contributed by atoms with Crippen LogP contribution in [0.25, 0.3) is 11.3 Å². The molecule has 0 radical (unpaired) electrons. The van der Waals surface area contributed by atoms with Gasteiger partial charge in [0.1, 0.15) is 5.56 Å². The minimum absolute atomic E-state index is 0.216. The van der Waals surface area contributed by atoms with Crippen LogP contribution in [0.5, 0.6) is 0 Å². The van der Waals surface area contributed by atoms with Crippen molar-refractivity contribution in [2.24, 2.45) is 0 Å². The van der Waals surface area contributed by atoms with E-state index in [4.69, 9.17) is 0 Å². The fraction of sp³-hybridized carbons (Fsp3) is 0.276. The topological polar surface area (TPSA) is 71.0 Å². The highest BCUT2D eigenvalue weighted by atomic mass is 16.2. The summed E-state index contributed by atoms with van der Waals surface area (Å²) in [4.78, 5) is 27.5. The molecule has 0 saturated heterocycles. The average molecular weight is 469 g/mol. The second-order valence-electron chi connectivity index (χ2n) is 9.03. The van der Waals surface area contributed by atoms with Crippen molar-refractivity contribution in [1.82, 2.24) is 19.7 Å². The summed E-state index contributed by atoms with van der Waals surface area (Å²) >= 11 is 0. The van der Waals surface area contributed by atoms with Gasteiger partial charge in [0.2, 0.25) is 0 Å². The Bertz CT molecular complexity index is 1320. The van der Waals surface area contributed by atoms with E-state index in [1.165, 1.54) is 0 Å². The first-order valence-corrected chi connectivity index (χ1v) is 12.1. The number of H-pyrrole nitrogens is 1. The number of carbonyl (C=O) groups is 1. The van der Waals surface area contributed by atoms with E-state index in [1.54, 1.807) is 34.8 Å². The Morgan fingerprint density at radius 2 is 1.80 bits per heavy atom. The second-order valence-corrected chi connectivity index (χ2v) is 9.03. The van der Waals surface area contributed by atoms with Crippen molar-refractivity contribution in [1.29, 1.82) is 0 Å². The standard InChI is InChI=1S/C29H32N4O2/c1-22-11-9-12-23(19-22)21-33-18-10-16-26(29(33)35)28(34)32(2)17-8-4-7-15-25-20-27(31-30-25)24-13-5-3-6-14-24/h3,5-6,9-14,16,18-20H,4,7-8,15,17,21H2,1-2H3,(H,30,31). The molecular weight excluding hydrogens is 436 g/mol. The van der Waals surface area contributed by atoms with Gasteiger partial charge < -0.3 is 9.47 Å². The molecule has 1 amide bonds. The molecule has 0 bridgehead atoms. The number of nitrogens with one attached hydrogen (secondary N) is 1. The van der Waals surface area contributed by atoms with Crippen LogP contribution in [0.15, 0.2) is 83.8 Å². The fourth-order valence-corrected chi connectivity index (χ4v) is 4.23. The monoisotopic (exact) mass is 468 g/mol. The molecule has 35 heavy (non-hydrogen) atoms. The van der Waals surface area contributed by atoms with Crippen LogP contribution in [0.2, 0.25) is 0 Å². The second kappa shape index (κ2) is 11.5. The Morgan fingerprint density at radius 1 is 0.971 bits per heavy atom. The Balaban J connectivity index is 1.26. The van der Waals surface area contributed by atoms with Crippen molar-refractivity contribution < 1.29 is 4.79 Å². The summed E-state index contributed by atoms with van der Waals surface area (Å²) in [5.74, 6) is -0.227. The highest BCUT2D eigenvalue weighted by molar-refractivity contribution is 5.93. The molecule has 2 aromatic heterocycles. The number of hydrogen-bond donors (Lipinski definition) is 1. The van der Waals surface area contributed by atoms with Gasteiger partial charge in [-0.25, -0.2) is 0 Å². The van der Waals surface area contributed by atoms with Crippen LogP contribution in [-0.4, -0.2) is 39.2 Å². The summed E-state index contributed by atoms with van der Waals surface area (Å²) in [5, 5.41) is 7.53. The number of aryl methyl sites for hydroxylation is 2. The smallest absolute Gasteiger partial charge is 0.263 e. The summed E-state index contributed by atoms with van der Waals surface area (Å²) in [6, 6.07) is 23.7. The van der Waals surface area contributed by atoms with Crippen molar-refractivity contribution in [2.45, 2.75) is 39.2 Å². The van der Waals surface area contributed by atoms with Gasteiger partial charge in [0.15, 0.2) is 0 Å². The summed E-state index contributed by atoms with van der Waals surface area (Å²) in [5.41, 5.74) is 5.33. The summed E-state index contributed by atoms with van der Waals surface area (Å²) in [6.07, 6.45) is 5.53. The van der Waals surface area contributed by atoms with Gasteiger partial charge in [-0.1, -0.05) is 66.6 Å². The normalized spacial score (nSPS) is 10.9. The molecule has 2 aromatic carbocycles. The third-order valence-corrected chi connectivity index (χ3v) is 6.17. The zero-order valence-corrected chi connectivity index (χ0v) is 20.4. The van der Waals surface area contributed by atoms with E-state index < -0.39 is 0 Å². The van der Waals surface area contributed by atoms with Crippen molar-refractivity contribution >= 4 is 5.91 Å². The highest BCUT2D eigenvalue weighted by Crippen LogP contribution is 2.18. The molecule has 2 heterocycles. The molecule has 6 heteroatoms. The van der Waals surface area contributed by atoms with E-state index in [0.717, 1.165) is 53.8 Å². The maximum atomic E-state index is 12.9. The molecule has 6 nitrogen and oxygen atoms in total. The lowest BCUT2D eigenvalue weighted by Crippen LogP contribution is -2.34. The number of aromatic amines is 1. The van der Waals surface area contributed by atoms with E-state index in [-0.39, 0.29) is 17.0 Å². The quantitative estimate of drug-likeness (QED) is 0.330. The van der Waals surface area contributed by atoms with Gasteiger partial charge >= 0.3 is 0 Å². The Labute approximate surface area is 206 Å². The summed E-state index contributed by atoms with van der Waals surface area (Å²) < 4.78 is 1.60. The van der Waals surface area contributed by atoms with Crippen LogP contribution in [0.3, 0.4) is 0 Å². The number of hydrogen-bond acceptors (Lipinski definition) is 3. The first kappa shape index (κ1) is 24.2. The largest absolute Gasteiger partial charge is 0.342 e. The first-order chi connectivity index (χ1) is 17.0. The van der Waals surface area contributed by atoms with Crippen LogP contribution in [0.1, 0.15) is 46.4 Å². The molecule has 180 valence electrons. The number of benzene rings is 2. The average Bonchev–Trinajstić information content (AvgIpc) is 3.34. The molecule has 0 atom stereocenters. The SMILES string of the molecule is Cc1cccc(Cn2cccc(C(=O)N(C)CCCCCc3cc(-c4ccccc4)n[nH]3)c2=O)c1. The zero-order valence-electron chi connectivity index (χ0n) is 20.4. The number of rotatable bonds is 10. The van der Waals surface area contributed by atoms with Gasteiger partial charge in [0.25, 0.3) is 11.5 Å². The third-order valence-electron chi connectivity index (χ3n) is 6.17. The summed E-state index contributed by atoms with van der Waals surface area (Å²) in [7, 11) is 1.76. The highest BCUT2D eigenvalue weighted by Gasteiger charge is 2.16. The van der Waals surface area contributed by atoms with E-state index in [9.17, 15) is 9.59 Å². The minimum atomic E-state index is -0.251. The van der Waals surface area contributed by atoms with Crippen molar-refractivity contribution in [3.8, 4) is 11.3 Å². The van der Waals surface area contributed by atoms with Crippen LogP contribution in [-0.2, 0) is 13.0 Å². The molecule has 0 aliphatic carbocycles. The van der Waals surface area contributed by atoms with Crippen molar-refractivity contribution in [3.05, 3.63) is 112 Å². The van der Waals surface area contributed by atoms with Gasteiger partial charge in [-0.2, -0.15) is 5.10 Å². The number of pyridine rings is 1. The number of nitrogens with zero attached hydrogens (tertiary/aromatic N) is 3. The molecule has 0 spiro atoms. The number of carbonyl (C=O) groups excluding carboxylic acids is 1. The van der Waals surface area contributed by atoms with Crippen molar-refractivity contribution in [3.63, 3.8) is 0 Å². The molecular formula is C29H32N4O2. The van der Waals surface area contributed by atoms with Gasteiger partial charge in [-0.3, -0.25) is 14.7 Å². The Morgan fingerprint density at radius 3 is 2.60 bits per heavy atom. The van der Waals surface area contributed by atoms with Crippen LogP contribution < -0.4 is 5.56 Å². The van der Waals surface area contributed by atoms with E-state index in [1.807, 2.05) is 43.3 Å². The zero-order chi connectivity index (χ0) is 24.6. The van der Waals surface area contributed by atoms with E-state index in [2.05, 4.69) is 34.5 Å². The maximum Gasteiger partial charge on any atom is 0.263 e. The molecule has 1 N–H and O–H groups in total. The summed E-state index contributed by atoms with van der Waals surface area (Å²) in [6.45, 7) is 3.09.